The van der Waals surface area contributed by atoms with Gasteiger partial charge in [-0.05, 0) is 53.4 Å². The molecule has 4 rings (SSSR count). The number of carbonyl (C=O) groups is 1. The second-order valence-corrected chi connectivity index (χ2v) is 7.22. The zero-order chi connectivity index (χ0) is 15.3. The van der Waals surface area contributed by atoms with Gasteiger partial charge in [-0.15, -0.1) is 0 Å². The summed E-state index contributed by atoms with van der Waals surface area (Å²) in [6.45, 7) is 0. The molecule has 4 atom stereocenters. The zero-order valence-corrected chi connectivity index (χ0v) is 13.3. The van der Waals surface area contributed by atoms with Crippen LogP contribution >= 0.6 is 0 Å². The first-order valence-corrected chi connectivity index (χ1v) is 8.35. The molecule has 2 aromatic rings. The van der Waals surface area contributed by atoms with Crippen molar-refractivity contribution in [3.63, 3.8) is 0 Å². The van der Waals surface area contributed by atoms with Gasteiger partial charge < -0.3 is 4.90 Å². The molecule has 2 aliphatic carbocycles. The van der Waals surface area contributed by atoms with E-state index in [2.05, 4.69) is 42.5 Å². The summed E-state index contributed by atoms with van der Waals surface area (Å²) in [5, 5.41) is 2.57. The fourth-order valence-electron chi connectivity index (χ4n) is 4.84. The van der Waals surface area contributed by atoms with Crippen molar-refractivity contribution in [2.24, 2.45) is 17.8 Å². The maximum Gasteiger partial charge on any atom is 0.226 e. The van der Waals surface area contributed by atoms with Crippen LogP contribution in [-0.2, 0) is 4.79 Å². The predicted molar refractivity (Wildman–Crippen MR) is 89.7 cm³/mol. The highest BCUT2D eigenvalue weighted by Crippen LogP contribution is 2.57. The zero-order valence-electron chi connectivity index (χ0n) is 13.3. The van der Waals surface area contributed by atoms with E-state index in [0.29, 0.717) is 23.7 Å². The van der Waals surface area contributed by atoms with Gasteiger partial charge in [0, 0.05) is 20.0 Å². The Hall–Kier alpha value is -1.83. The van der Waals surface area contributed by atoms with Crippen molar-refractivity contribution >= 4 is 16.7 Å². The van der Waals surface area contributed by atoms with Gasteiger partial charge in [-0.25, -0.2) is 0 Å². The van der Waals surface area contributed by atoms with Gasteiger partial charge in [0.2, 0.25) is 5.91 Å². The van der Waals surface area contributed by atoms with Crippen LogP contribution in [0.15, 0.2) is 42.5 Å². The lowest BCUT2D eigenvalue weighted by molar-refractivity contribution is -0.135. The quantitative estimate of drug-likeness (QED) is 0.817. The molecule has 114 valence electrons. The van der Waals surface area contributed by atoms with Gasteiger partial charge in [-0.1, -0.05) is 42.5 Å². The molecule has 2 aromatic carbocycles. The molecule has 0 spiro atoms. The van der Waals surface area contributed by atoms with Crippen LogP contribution in [-0.4, -0.2) is 24.9 Å². The minimum atomic E-state index is 0.190. The Labute approximate surface area is 132 Å². The summed E-state index contributed by atoms with van der Waals surface area (Å²) in [7, 11) is 3.79. The molecule has 0 N–H and O–H groups in total. The second kappa shape index (κ2) is 5.12. The van der Waals surface area contributed by atoms with Crippen LogP contribution < -0.4 is 0 Å². The van der Waals surface area contributed by atoms with Crippen LogP contribution in [0.4, 0.5) is 0 Å². The maximum absolute atomic E-state index is 12.7. The molecular weight excluding hydrogens is 270 g/mol. The third kappa shape index (κ3) is 2.05. The third-order valence-electron chi connectivity index (χ3n) is 5.80. The molecule has 2 bridgehead atoms. The number of fused-ring (bicyclic) bond motifs is 3. The van der Waals surface area contributed by atoms with Gasteiger partial charge in [-0.2, -0.15) is 0 Å². The van der Waals surface area contributed by atoms with Gasteiger partial charge in [0.25, 0.3) is 0 Å². The van der Waals surface area contributed by atoms with Crippen molar-refractivity contribution in [2.45, 2.75) is 25.2 Å². The second-order valence-electron chi connectivity index (χ2n) is 7.22. The Morgan fingerprint density at radius 2 is 1.73 bits per heavy atom. The fraction of sp³-hybridized carbons (Fsp3) is 0.450. The lowest BCUT2D eigenvalue weighted by Gasteiger charge is -2.32. The summed E-state index contributed by atoms with van der Waals surface area (Å²) in [5.41, 5.74) is 1.37. The average Bonchev–Trinajstić information content (AvgIpc) is 3.14. The van der Waals surface area contributed by atoms with E-state index in [-0.39, 0.29) is 5.92 Å². The van der Waals surface area contributed by atoms with E-state index in [9.17, 15) is 4.79 Å². The molecular formula is C20H23NO. The first-order valence-electron chi connectivity index (χ1n) is 8.35. The maximum atomic E-state index is 12.7. The number of hydrogen-bond acceptors (Lipinski definition) is 1. The van der Waals surface area contributed by atoms with Crippen molar-refractivity contribution in [3.05, 3.63) is 48.0 Å². The Morgan fingerprint density at radius 3 is 2.50 bits per heavy atom. The lowest BCUT2D eigenvalue weighted by atomic mass is 9.74. The SMILES string of the molecule is CN(C)C(=O)[C@@H]1[C@@H]2CC[C@H](C2)[C@H]1c1ccc2ccccc2c1. The van der Waals surface area contributed by atoms with Crippen molar-refractivity contribution in [1.29, 1.82) is 0 Å². The van der Waals surface area contributed by atoms with E-state index in [1.54, 1.807) is 4.90 Å². The number of rotatable bonds is 2. The van der Waals surface area contributed by atoms with E-state index in [1.807, 2.05) is 14.1 Å². The monoisotopic (exact) mass is 293 g/mol. The Balaban J connectivity index is 1.76. The molecule has 2 heteroatoms. The summed E-state index contributed by atoms with van der Waals surface area (Å²) >= 11 is 0. The van der Waals surface area contributed by atoms with E-state index in [4.69, 9.17) is 0 Å². The molecule has 0 saturated heterocycles. The smallest absolute Gasteiger partial charge is 0.226 e. The topological polar surface area (TPSA) is 20.3 Å². The Bertz CT molecular complexity index is 720. The highest BCUT2D eigenvalue weighted by Gasteiger charge is 2.51. The molecule has 0 aromatic heterocycles. The molecule has 2 fully saturated rings. The predicted octanol–water partition coefficient (Wildman–Crippen LogP) is 4.06. The van der Waals surface area contributed by atoms with Gasteiger partial charge in [-0.3, -0.25) is 4.79 Å². The van der Waals surface area contributed by atoms with Crippen molar-refractivity contribution in [1.82, 2.24) is 4.90 Å². The molecule has 0 unspecified atom stereocenters. The summed E-state index contributed by atoms with van der Waals surface area (Å²) < 4.78 is 0. The lowest BCUT2D eigenvalue weighted by Crippen LogP contribution is -2.36. The van der Waals surface area contributed by atoms with Gasteiger partial charge in [0.15, 0.2) is 0 Å². The van der Waals surface area contributed by atoms with Gasteiger partial charge in [0.05, 0.1) is 0 Å². The molecule has 22 heavy (non-hydrogen) atoms. The van der Waals surface area contributed by atoms with Crippen LogP contribution in [0.3, 0.4) is 0 Å². The Kier molecular flexibility index (Phi) is 3.21. The third-order valence-corrected chi connectivity index (χ3v) is 5.80. The summed E-state index contributed by atoms with van der Waals surface area (Å²) in [4.78, 5) is 14.5. The largest absolute Gasteiger partial charge is 0.349 e. The minimum Gasteiger partial charge on any atom is -0.349 e. The highest BCUT2D eigenvalue weighted by atomic mass is 16.2. The molecule has 1 amide bonds. The fourth-order valence-corrected chi connectivity index (χ4v) is 4.84. The van der Waals surface area contributed by atoms with Crippen LogP contribution in [0.1, 0.15) is 30.7 Å². The van der Waals surface area contributed by atoms with E-state index in [1.165, 1.54) is 35.6 Å². The molecule has 0 aliphatic heterocycles. The number of hydrogen-bond donors (Lipinski definition) is 0. The first-order chi connectivity index (χ1) is 10.6. The Morgan fingerprint density at radius 1 is 1.00 bits per heavy atom. The van der Waals surface area contributed by atoms with E-state index >= 15 is 0 Å². The van der Waals surface area contributed by atoms with Crippen LogP contribution in [0.25, 0.3) is 10.8 Å². The summed E-state index contributed by atoms with van der Waals surface area (Å²) in [6.07, 6.45) is 3.76. The van der Waals surface area contributed by atoms with Crippen molar-refractivity contribution < 1.29 is 4.79 Å². The number of carbonyl (C=O) groups excluding carboxylic acids is 1. The minimum absolute atomic E-state index is 0.190. The van der Waals surface area contributed by atoms with E-state index in [0.717, 1.165) is 0 Å². The number of amides is 1. The normalized spacial score (nSPS) is 29.9. The van der Waals surface area contributed by atoms with Gasteiger partial charge >= 0.3 is 0 Å². The molecule has 2 aliphatic rings. The van der Waals surface area contributed by atoms with Crippen LogP contribution in [0, 0.1) is 17.8 Å². The van der Waals surface area contributed by atoms with Crippen LogP contribution in [0.5, 0.6) is 0 Å². The molecule has 0 heterocycles. The number of benzene rings is 2. The summed E-state index contributed by atoms with van der Waals surface area (Å²) in [6, 6.07) is 15.3. The standard InChI is InChI=1S/C20H23NO/c1-21(2)20(22)19-17-10-9-16(12-17)18(19)15-8-7-13-5-3-4-6-14(13)11-15/h3-8,11,16-19H,9-10,12H2,1-2H3/t16-,17-,18-,19-/m1/s1. The molecule has 2 nitrogen and oxygen atoms in total. The van der Waals surface area contributed by atoms with Crippen molar-refractivity contribution in [2.75, 3.05) is 14.1 Å². The van der Waals surface area contributed by atoms with E-state index < -0.39 is 0 Å². The average molecular weight is 293 g/mol. The molecule has 2 saturated carbocycles. The first kappa shape index (κ1) is 13.8. The van der Waals surface area contributed by atoms with Gasteiger partial charge in [0.1, 0.15) is 0 Å². The molecule has 0 radical (unpaired) electrons. The number of nitrogens with zero attached hydrogens (tertiary/aromatic N) is 1. The van der Waals surface area contributed by atoms with Crippen molar-refractivity contribution in [3.8, 4) is 0 Å². The highest BCUT2D eigenvalue weighted by molar-refractivity contribution is 5.84. The summed E-state index contributed by atoms with van der Waals surface area (Å²) in [5.74, 6) is 2.22. The van der Waals surface area contributed by atoms with Crippen LogP contribution in [0.2, 0.25) is 0 Å².